The van der Waals surface area contributed by atoms with Crippen LogP contribution in [0.5, 0.6) is 0 Å². The second kappa shape index (κ2) is 31.8. The fourth-order valence-electron chi connectivity index (χ4n) is 29.7. The number of imidazole rings is 2. The summed E-state index contributed by atoms with van der Waals surface area (Å²) in [6, 6.07) is 15.2. The zero-order valence-electron chi connectivity index (χ0n) is 68.9. The number of aromatic nitrogens is 6. The fraction of sp³-hybridized carbons (Fsp3) is 0.566. The maximum absolute atomic E-state index is 5.78. The van der Waals surface area contributed by atoms with Crippen LogP contribution in [-0.4, -0.2) is 27.7 Å². The molecule has 0 bridgehead atoms. The number of thiazole rings is 1. The summed E-state index contributed by atoms with van der Waals surface area (Å²) in [6.07, 6.45) is 79.6. The Morgan fingerprint density at radius 3 is 1.31 bits per heavy atom. The number of hydrogen-bond donors (Lipinski definition) is 0. The molecule has 0 aliphatic heterocycles. The zero-order valence-corrected chi connectivity index (χ0v) is 81.9. The first kappa shape index (κ1) is 83.4. The number of fused-ring (bicyclic) bond motifs is 24. The topological polar surface area (TPSA) is 78.2 Å². The number of hydrogen-bond acceptors (Lipinski definition) is 7. The van der Waals surface area contributed by atoms with Gasteiger partial charge in [-0.1, -0.05) is 170 Å². The molecule has 16 aliphatic carbocycles. The Labute approximate surface area is 783 Å². The monoisotopic (exact) mass is 1840 g/mol. The van der Waals surface area contributed by atoms with E-state index in [-0.39, 0.29) is 136 Å². The molecule has 20 atom stereocenters. The molecule has 0 amide bonds. The molecule has 4 radical (unpaired) electrons. The molecular formula is C99H118N6O2S2Y4-4. The number of rotatable bonds is 4. The van der Waals surface area contributed by atoms with Gasteiger partial charge in [-0.3, -0.25) is 8.80 Å². The van der Waals surface area contributed by atoms with Crippen molar-refractivity contribution < 1.29 is 140 Å². The van der Waals surface area contributed by atoms with Crippen LogP contribution in [0.1, 0.15) is 257 Å². The van der Waals surface area contributed by atoms with E-state index in [1.54, 1.807) is 68.8 Å². The molecule has 0 N–H and O–H groups in total. The van der Waals surface area contributed by atoms with Crippen LogP contribution in [0, 0.1) is 140 Å². The van der Waals surface area contributed by atoms with E-state index in [1.807, 2.05) is 17.0 Å². The Bertz CT molecular complexity index is 4800. The molecule has 7 heterocycles. The van der Waals surface area contributed by atoms with Crippen LogP contribution in [0.2, 0.25) is 0 Å². The smallest absolute Gasteiger partial charge is 0.306 e. The maximum Gasteiger partial charge on any atom is 0.306 e. The summed E-state index contributed by atoms with van der Waals surface area (Å²) in [4.78, 5) is 11.7. The normalized spacial score (nSPS) is 39.2. The summed E-state index contributed by atoms with van der Waals surface area (Å²) in [7, 11) is 0. The van der Waals surface area contributed by atoms with Gasteiger partial charge in [-0.2, -0.15) is 60.3 Å². The molecule has 16 aliphatic rings. The molecule has 8 fully saturated rings. The third-order valence-corrected chi connectivity index (χ3v) is 37.5. The molecule has 113 heavy (non-hydrogen) atoms. The maximum atomic E-state index is 5.78. The van der Waals surface area contributed by atoms with Gasteiger partial charge in [0, 0.05) is 160 Å². The van der Waals surface area contributed by atoms with Crippen molar-refractivity contribution in [1.82, 2.24) is 27.7 Å². The Morgan fingerprint density at radius 2 is 0.832 bits per heavy atom. The van der Waals surface area contributed by atoms with Crippen molar-refractivity contribution in [3.05, 3.63) is 204 Å². The molecule has 1 aromatic carbocycles. The van der Waals surface area contributed by atoms with Crippen molar-refractivity contribution >= 4 is 72.4 Å². The van der Waals surface area contributed by atoms with Crippen LogP contribution < -0.4 is 0 Å². The molecule has 8 nitrogen and oxygen atoms in total. The van der Waals surface area contributed by atoms with E-state index in [4.69, 9.17) is 13.3 Å². The summed E-state index contributed by atoms with van der Waals surface area (Å²) in [6.45, 7) is 20.6. The molecule has 0 saturated heterocycles. The summed E-state index contributed by atoms with van der Waals surface area (Å²) >= 11 is 3.47. The minimum Gasteiger partial charge on any atom is -0.432 e. The first-order chi connectivity index (χ1) is 52.9. The number of nitrogens with zero attached hydrogens (tertiary/aromatic N) is 6. The van der Waals surface area contributed by atoms with E-state index in [9.17, 15) is 0 Å². The van der Waals surface area contributed by atoms with Crippen molar-refractivity contribution in [3.63, 3.8) is 0 Å². The molecule has 584 valence electrons. The van der Waals surface area contributed by atoms with Crippen LogP contribution in [0.4, 0.5) is 0 Å². The van der Waals surface area contributed by atoms with Gasteiger partial charge in [0.15, 0.2) is 4.96 Å². The van der Waals surface area contributed by atoms with Crippen LogP contribution >= 0.6 is 22.9 Å². The SMILES string of the molecule is C[C@]12CC[CH-]CC1=CCC1C2CC[C@]2(C)C(c3ccc4ccon34)=CCC12.C[C@]12CC[CH-]CC1=CCC1C2CC[C@]2(C)C(c3cnc4occn34)=CCC12.C[C@]12CC[CH-]CC1=CCC1C2CC[C@]2(C)C(c3cnc4sccn34)=CCC12.C[C@]12CC[CH-]CC1=CCC1C2CC[C@]2(C)C(c3snc4ccccc34)=CCC12.[Y].[Y].[Y].[Y]. The molecule has 7 aromatic heterocycles. The van der Waals surface area contributed by atoms with Crippen LogP contribution in [0.25, 0.3) is 49.5 Å². The minimum absolute atomic E-state index is 0. The van der Waals surface area contributed by atoms with Gasteiger partial charge in [0.1, 0.15) is 12.5 Å². The molecule has 8 saturated carbocycles. The third-order valence-electron chi connectivity index (χ3n) is 35.8. The number of oxazole rings is 1. The molecular weight excluding hydrogens is 1720 g/mol. The number of benzene rings is 1. The van der Waals surface area contributed by atoms with Gasteiger partial charge in [0.25, 0.3) is 0 Å². The van der Waals surface area contributed by atoms with E-state index in [0.717, 1.165) is 76.0 Å². The van der Waals surface area contributed by atoms with E-state index in [2.05, 4.69) is 209 Å². The Morgan fingerprint density at radius 1 is 0.407 bits per heavy atom. The van der Waals surface area contributed by atoms with E-state index in [1.165, 1.54) is 229 Å². The zero-order chi connectivity index (χ0) is 73.6. The van der Waals surface area contributed by atoms with Gasteiger partial charge >= 0.3 is 5.84 Å². The molecule has 0 spiro atoms. The quantitative estimate of drug-likeness (QED) is 0.130. The summed E-state index contributed by atoms with van der Waals surface area (Å²) in [5.74, 6) is 10.8. The second-order valence-corrected chi connectivity index (χ2v) is 41.3. The minimum atomic E-state index is 0. The Kier molecular flexibility index (Phi) is 23.5. The summed E-state index contributed by atoms with van der Waals surface area (Å²) in [5.41, 5.74) is 22.6. The van der Waals surface area contributed by atoms with Crippen molar-refractivity contribution in [2.45, 2.75) is 235 Å². The van der Waals surface area contributed by atoms with Crippen molar-refractivity contribution in [2.75, 3.05) is 0 Å². The van der Waals surface area contributed by atoms with E-state index < -0.39 is 0 Å². The van der Waals surface area contributed by atoms with Gasteiger partial charge < -0.3 is 34.6 Å². The van der Waals surface area contributed by atoms with Gasteiger partial charge in [0.2, 0.25) is 0 Å². The van der Waals surface area contributed by atoms with Gasteiger partial charge in [0.05, 0.1) is 45.4 Å². The Balaban J connectivity index is 0.000000108. The standard InChI is InChI=1S/C26H30NS.C25H30NO.C24H29N2O.C24H29N2S.4Y/c1-25-15-6-5-7-17(25)10-11-18-20-12-13-22(26(20,2)16-14-21(18)25)24-19-8-3-4-9-23(19)27-28-24;1-24-14-4-3-5-17(24)6-8-19-20-9-10-22(25(20,2)15-12-21(19)24)23-11-7-18-13-16-27-26(18)23;2*1-23-11-4-3-5-16(23)6-7-17-18-8-9-20(24(18,2)12-10-19(17)23)21-15-25-22-26(21)13-14-27-22;;;;/h3-5,8-10,13,18,20-21H,6-7,11-12,14-16H2,1-2H3;3,6-7,10-11,13,16,19-21H,4-5,8-9,12,14-15H2,1-2H3;2*3,6,9,13-15,17-19H,4-5,7-8,10-12H2,1-2H3;;;;/q4*-1;;;;/t18?,20?,21?,25-,26-;19?,20?,21?,24-,25-;2*17?,18?,19?,23-,24-;;;;/m0000..../s1. The van der Waals surface area contributed by atoms with Crippen LogP contribution in [0.15, 0.2) is 165 Å². The average Bonchev–Trinajstić information content (AvgIpc) is 1.59. The van der Waals surface area contributed by atoms with Gasteiger partial charge in [-0.15, -0.1) is 11.3 Å². The fourth-order valence-corrected chi connectivity index (χ4v) is 31.4. The van der Waals surface area contributed by atoms with Gasteiger partial charge in [-0.05, 0) is 269 Å². The first-order valence-corrected chi connectivity index (χ1v) is 45.2. The Hall–Kier alpha value is -1.81. The summed E-state index contributed by atoms with van der Waals surface area (Å²) < 4.78 is 22.5. The predicted molar refractivity (Wildman–Crippen MR) is 447 cm³/mol. The number of allylic oxidation sites excluding steroid dienone is 16. The molecule has 8 aromatic rings. The second-order valence-electron chi connectivity index (χ2n) is 39.7. The van der Waals surface area contributed by atoms with Crippen LogP contribution in [0.3, 0.4) is 0 Å². The van der Waals surface area contributed by atoms with E-state index >= 15 is 0 Å². The van der Waals surface area contributed by atoms with Crippen molar-refractivity contribution in [2.24, 2.45) is 114 Å². The third kappa shape index (κ3) is 13.0. The molecule has 12 unspecified atom stereocenters. The molecule has 24 rings (SSSR count). The molecule has 14 heteroatoms. The van der Waals surface area contributed by atoms with Gasteiger partial charge in [-0.25, -0.2) is 9.97 Å². The first-order valence-electron chi connectivity index (χ1n) is 43.5. The largest absolute Gasteiger partial charge is 0.432 e. The van der Waals surface area contributed by atoms with E-state index in [0.29, 0.717) is 43.7 Å². The van der Waals surface area contributed by atoms with Crippen LogP contribution in [-0.2, 0) is 131 Å². The van der Waals surface area contributed by atoms with Crippen molar-refractivity contribution in [3.8, 4) is 0 Å². The van der Waals surface area contributed by atoms with Crippen molar-refractivity contribution in [1.29, 1.82) is 0 Å². The summed E-state index contributed by atoms with van der Waals surface area (Å²) in [5, 5.41) is 3.52. The average molecular weight is 1840 g/mol. The predicted octanol–water partition coefficient (Wildman–Crippen LogP) is 26.8.